The molecule has 5 nitrogen and oxygen atoms in total. The van der Waals surface area contributed by atoms with Crippen molar-refractivity contribution in [1.82, 2.24) is 4.98 Å². The highest BCUT2D eigenvalue weighted by Gasteiger charge is 2.33. The molecule has 1 heterocycles. The van der Waals surface area contributed by atoms with Gasteiger partial charge in [0, 0.05) is 10.7 Å². The summed E-state index contributed by atoms with van der Waals surface area (Å²) in [5.41, 5.74) is -1.95. The van der Waals surface area contributed by atoms with Crippen LogP contribution in [-0.2, 0) is 6.18 Å². The third-order valence-corrected chi connectivity index (χ3v) is 3.53. The maximum absolute atomic E-state index is 12.7. The lowest BCUT2D eigenvalue weighted by molar-refractivity contribution is -0.274. The number of nitrogens with one attached hydrogen (secondary N) is 1. The van der Waals surface area contributed by atoms with E-state index in [1.165, 1.54) is 0 Å². The quantitative estimate of drug-likeness (QED) is 0.633. The minimum Gasteiger partial charge on any atom is -0.478 e. The Kier molecular flexibility index (Phi) is 5.35. The van der Waals surface area contributed by atoms with E-state index in [2.05, 4.69) is 31.0 Å². The number of benzene rings is 1. The number of pyridine rings is 1. The number of rotatable bonds is 4. The third kappa shape index (κ3) is 5.00. The highest BCUT2D eigenvalue weighted by atomic mass is 79.9. The Bertz CT molecular complexity index is 838. The molecule has 1 aromatic heterocycles. The fourth-order valence-electron chi connectivity index (χ4n) is 1.80. The lowest BCUT2D eigenvalue weighted by Crippen LogP contribution is -2.17. The number of alkyl halides is 6. The van der Waals surface area contributed by atoms with E-state index in [1.54, 1.807) is 0 Å². The Labute approximate surface area is 149 Å². The number of carboxylic acids is 1. The zero-order valence-electron chi connectivity index (χ0n) is 12.2. The molecule has 2 N–H and O–H groups in total. The first kappa shape index (κ1) is 19.8. The van der Waals surface area contributed by atoms with Crippen LogP contribution in [0.4, 0.5) is 37.8 Å². The Morgan fingerprint density at radius 3 is 2.31 bits per heavy atom. The predicted octanol–water partition coefficient (Wildman–Crippen LogP) is 5.20. The normalized spacial score (nSPS) is 12.0. The van der Waals surface area contributed by atoms with Gasteiger partial charge in [-0.25, -0.2) is 9.78 Å². The van der Waals surface area contributed by atoms with Crippen LogP contribution < -0.4 is 10.1 Å². The van der Waals surface area contributed by atoms with Crippen LogP contribution in [0.25, 0.3) is 0 Å². The van der Waals surface area contributed by atoms with E-state index in [1.807, 2.05) is 0 Å². The molecule has 0 unspecified atom stereocenters. The molecule has 1 aromatic carbocycles. The first-order valence-electron chi connectivity index (χ1n) is 6.49. The zero-order chi connectivity index (χ0) is 19.7. The van der Waals surface area contributed by atoms with Gasteiger partial charge in [0.1, 0.15) is 17.1 Å². The van der Waals surface area contributed by atoms with Crippen molar-refractivity contribution in [2.45, 2.75) is 12.5 Å². The topological polar surface area (TPSA) is 71.5 Å². The van der Waals surface area contributed by atoms with Gasteiger partial charge in [-0.2, -0.15) is 13.2 Å². The molecule has 2 rings (SSSR count). The van der Waals surface area contributed by atoms with E-state index >= 15 is 0 Å². The molecular weight excluding hydrogens is 438 g/mol. The molecule has 0 amide bonds. The molecular formula is C14H7BrF6N2O3. The molecule has 0 spiro atoms. The minimum absolute atomic E-state index is 0.0392. The molecule has 26 heavy (non-hydrogen) atoms. The molecule has 0 fully saturated rings. The summed E-state index contributed by atoms with van der Waals surface area (Å²) in [5.74, 6) is -2.64. The average molecular weight is 445 g/mol. The van der Waals surface area contributed by atoms with Crippen molar-refractivity contribution in [3.05, 3.63) is 46.1 Å². The monoisotopic (exact) mass is 444 g/mol. The molecule has 140 valence electrons. The summed E-state index contributed by atoms with van der Waals surface area (Å²) in [7, 11) is 0. The third-order valence-electron chi connectivity index (χ3n) is 2.87. The molecule has 0 aliphatic rings. The first-order valence-corrected chi connectivity index (χ1v) is 7.29. The number of carboxylic acid groups (broad SMARTS) is 1. The fraction of sp³-hybridized carbons (Fsp3) is 0.143. The second kappa shape index (κ2) is 7.02. The summed E-state index contributed by atoms with van der Waals surface area (Å²) in [6.45, 7) is 0. The van der Waals surface area contributed by atoms with Crippen LogP contribution in [0, 0.1) is 0 Å². The van der Waals surface area contributed by atoms with Crippen molar-refractivity contribution in [2.75, 3.05) is 5.32 Å². The molecule has 0 saturated heterocycles. The van der Waals surface area contributed by atoms with Crippen LogP contribution in [0.2, 0.25) is 0 Å². The highest BCUT2D eigenvalue weighted by Crippen LogP contribution is 2.34. The fourth-order valence-corrected chi connectivity index (χ4v) is 2.26. The second-order valence-corrected chi connectivity index (χ2v) is 5.59. The van der Waals surface area contributed by atoms with Gasteiger partial charge in [-0.1, -0.05) is 0 Å². The van der Waals surface area contributed by atoms with Gasteiger partial charge in [-0.15, -0.1) is 13.2 Å². The van der Waals surface area contributed by atoms with Crippen molar-refractivity contribution in [1.29, 1.82) is 0 Å². The summed E-state index contributed by atoms with van der Waals surface area (Å²) in [5, 5.41) is 11.5. The van der Waals surface area contributed by atoms with Crippen molar-refractivity contribution in [3.63, 3.8) is 0 Å². The molecule has 0 aliphatic carbocycles. The van der Waals surface area contributed by atoms with Gasteiger partial charge in [0.25, 0.3) is 0 Å². The number of nitrogens with zero attached hydrogens (tertiary/aromatic N) is 1. The molecule has 0 radical (unpaired) electrons. The predicted molar refractivity (Wildman–Crippen MR) is 80.3 cm³/mol. The standard InChI is InChI=1S/C14H7BrF6N2O3/c15-9-4-7(26-14(19,20)21)1-2-10(9)23-11-8(12(24)25)3-6(5-22-11)13(16,17)18/h1-5H,(H,22,23)(H,24,25). The summed E-state index contributed by atoms with van der Waals surface area (Å²) < 4.78 is 78.3. The second-order valence-electron chi connectivity index (χ2n) is 4.74. The number of anilines is 2. The molecule has 0 bridgehead atoms. The summed E-state index contributed by atoms with van der Waals surface area (Å²) >= 11 is 2.95. The summed E-state index contributed by atoms with van der Waals surface area (Å²) in [4.78, 5) is 14.6. The van der Waals surface area contributed by atoms with Crippen molar-refractivity contribution in [2.24, 2.45) is 0 Å². The maximum atomic E-state index is 12.7. The SMILES string of the molecule is O=C(O)c1cc(C(F)(F)F)cnc1Nc1ccc(OC(F)(F)F)cc1Br. The molecule has 0 saturated carbocycles. The average Bonchev–Trinajstić information content (AvgIpc) is 2.47. The Hall–Kier alpha value is -2.50. The Morgan fingerprint density at radius 1 is 1.15 bits per heavy atom. The van der Waals surface area contributed by atoms with Crippen LogP contribution in [0.5, 0.6) is 5.75 Å². The number of hydrogen-bond donors (Lipinski definition) is 2. The molecule has 0 atom stereocenters. The Morgan fingerprint density at radius 2 is 1.81 bits per heavy atom. The first-order chi connectivity index (χ1) is 11.9. The van der Waals surface area contributed by atoms with E-state index in [0.717, 1.165) is 18.2 Å². The zero-order valence-corrected chi connectivity index (χ0v) is 13.8. The summed E-state index contributed by atoms with van der Waals surface area (Å²) in [6, 6.07) is 3.38. The number of aromatic nitrogens is 1. The van der Waals surface area contributed by atoms with Crippen molar-refractivity contribution >= 4 is 33.4 Å². The van der Waals surface area contributed by atoms with Crippen LogP contribution in [0.3, 0.4) is 0 Å². The maximum Gasteiger partial charge on any atom is 0.573 e. The van der Waals surface area contributed by atoms with Crippen molar-refractivity contribution < 1.29 is 41.0 Å². The molecule has 2 aromatic rings. The van der Waals surface area contributed by atoms with Gasteiger partial charge in [-0.3, -0.25) is 0 Å². The largest absolute Gasteiger partial charge is 0.573 e. The van der Waals surface area contributed by atoms with Crippen molar-refractivity contribution in [3.8, 4) is 5.75 Å². The highest BCUT2D eigenvalue weighted by molar-refractivity contribution is 9.10. The van der Waals surface area contributed by atoms with E-state index in [9.17, 15) is 31.1 Å². The number of halogens is 7. The lowest BCUT2D eigenvalue weighted by Gasteiger charge is -2.14. The van der Waals surface area contributed by atoms with Gasteiger partial charge in [-0.05, 0) is 40.2 Å². The van der Waals surface area contributed by atoms with Crippen LogP contribution in [0.1, 0.15) is 15.9 Å². The van der Waals surface area contributed by atoms with Gasteiger partial charge < -0.3 is 15.2 Å². The van der Waals surface area contributed by atoms with Gasteiger partial charge in [0.05, 0.1) is 11.3 Å². The molecule has 12 heteroatoms. The Balaban J connectivity index is 2.35. The van der Waals surface area contributed by atoms with E-state index in [4.69, 9.17) is 5.11 Å². The van der Waals surface area contributed by atoms with Gasteiger partial charge >= 0.3 is 18.5 Å². The summed E-state index contributed by atoms with van der Waals surface area (Å²) in [6.07, 6.45) is -9.25. The van der Waals surface area contributed by atoms with Crippen LogP contribution in [-0.4, -0.2) is 22.4 Å². The van der Waals surface area contributed by atoms with Crippen LogP contribution in [0.15, 0.2) is 34.9 Å². The van der Waals surface area contributed by atoms with E-state index in [-0.39, 0.29) is 10.2 Å². The minimum atomic E-state index is -4.90. The number of hydrogen-bond acceptors (Lipinski definition) is 4. The molecule has 0 aliphatic heterocycles. The lowest BCUT2D eigenvalue weighted by atomic mass is 10.1. The smallest absolute Gasteiger partial charge is 0.478 e. The number of carbonyl (C=O) groups is 1. The van der Waals surface area contributed by atoms with Gasteiger partial charge in [0.15, 0.2) is 0 Å². The van der Waals surface area contributed by atoms with Crippen LogP contribution >= 0.6 is 15.9 Å². The van der Waals surface area contributed by atoms with E-state index in [0.29, 0.717) is 12.3 Å². The number of ether oxygens (including phenoxy) is 1. The van der Waals surface area contributed by atoms with Gasteiger partial charge in [0.2, 0.25) is 0 Å². The number of aromatic carboxylic acids is 1. The van der Waals surface area contributed by atoms with E-state index < -0.39 is 41.2 Å².